The largest absolute Gasteiger partial charge is 0.328 e. The fourth-order valence-electron chi connectivity index (χ4n) is 2.83. The first-order chi connectivity index (χ1) is 12.7. The standard InChI is InChI=1S/C21H24N4O/c1-24(16-8-7-12-18-10-3-2-4-11-18)21(26)23-19-13-5-6-14-20(19)25-17-9-15-22-25/h2-6,9-11,13-15,17H,7-8,12,16H2,1H3,(H,23,26). The second-order valence-corrected chi connectivity index (χ2v) is 6.26. The molecule has 0 saturated carbocycles. The van der Waals surface area contributed by atoms with E-state index in [0.29, 0.717) is 0 Å². The highest BCUT2D eigenvalue weighted by molar-refractivity contribution is 5.91. The van der Waals surface area contributed by atoms with Crippen LogP contribution in [0, 0.1) is 0 Å². The molecule has 3 aromatic rings. The van der Waals surface area contributed by atoms with Crippen molar-refractivity contribution in [2.24, 2.45) is 0 Å². The Morgan fingerprint density at radius 2 is 1.81 bits per heavy atom. The predicted octanol–water partition coefficient (Wildman–Crippen LogP) is 4.36. The molecule has 0 aliphatic carbocycles. The van der Waals surface area contributed by atoms with Crippen LogP contribution in [0.25, 0.3) is 5.69 Å². The molecule has 2 aromatic carbocycles. The van der Waals surface area contributed by atoms with E-state index < -0.39 is 0 Å². The maximum Gasteiger partial charge on any atom is 0.321 e. The van der Waals surface area contributed by atoms with Crippen LogP contribution in [0.1, 0.15) is 18.4 Å². The van der Waals surface area contributed by atoms with Gasteiger partial charge in [-0.15, -0.1) is 0 Å². The molecule has 1 N–H and O–H groups in total. The highest BCUT2D eigenvalue weighted by Crippen LogP contribution is 2.19. The van der Waals surface area contributed by atoms with Gasteiger partial charge < -0.3 is 10.2 Å². The number of aryl methyl sites for hydroxylation is 1. The third-order valence-corrected chi connectivity index (χ3v) is 4.30. The molecular weight excluding hydrogens is 324 g/mol. The van der Waals surface area contributed by atoms with Crippen LogP contribution in [0.5, 0.6) is 0 Å². The highest BCUT2D eigenvalue weighted by Gasteiger charge is 2.11. The van der Waals surface area contributed by atoms with E-state index in [9.17, 15) is 4.79 Å². The number of amides is 2. The van der Waals surface area contributed by atoms with Gasteiger partial charge >= 0.3 is 6.03 Å². The molecule has 5 heteroatoms. The monoisotopic (exact) mass is 348 g/mol. The minimum Gasteiger partial charge on any atom is -0.328 e. The first-order valence-corrected chi connectivity index (χ1v) is 8.89. The van der Waals surface area contributed by atoms with Crippen molar-refractivity contribution in [3.63, 3.8) is 0 Å². The molecule has 26 heavy (non-hydrogen) atoms. The number of nitrogens with zero attached hydrogens (tertiary/aromatic N) is 3. The molecule has 0 radical (unpaired) electrons. The van der Waals surface area contributed by atoms with E-state index >= 15 is 0 Å². The molecule has 2 amide bonds. The van der Waals surface area contributed by atoms with Crippen LogP contribution in [0.3, 0.4) is 0 Å². The number of anilines is 1. The van der Waals surface area contributed by atoms with Gasteiger partial charge in [-0.25, -0.2) is 9.48 Å². The second-order valence-electron chi connectivity index (χ2n) is 6.26. The first-order valence-electron chi connectivity index (χ1n) is 8.89. The normalized spacial score (nSPS) is 10.5. The Morgan fingerprint density at radius 1 is 1.04 bits per heavy atom. The van der Waals surface area contributed by atoms with Crippen LogP contribution in [0.15, 0.2) is 73.1 Å². The van der Waals surface area contributed by atoms with Crippen molar-refractivity contribution < 1.29 is 4.79 Å². The molecule has 0 unspecified atom stereocenters. The van der Waals surface area contributed by atoms with Gasteiger partial charge in [0, 0.05) is 26.0 Å². The van der Waals surface area contributed by atoms with Crippen molar-refractivity contribution in [3.8, 4) is 5.69 Å². The Morgan fingerprint density at radius 3 is 2.58 bits per heavy atom. The van der Waals surface area contributed by atoms with Gasteiger partial charge in [-0.1, -0.05) is 42.5 Å². The maximum atomic E-state index is 12.5. The summed E-state index contributed by atoms with van der Waals surface area (Å²) in [5, 5.41) is 7.22. The second kappa shape index (κ2) is 8.85. The Labute approximate surface area is 154 Å². The third kappa shape index (κ3) is 4.72. The molecule has 0 atom stereocenters. The summed E-state index contributed by atoms with van der Waals surface area (Å²) in [6.07, 6.45) is 6.65. The Bertz CT molecular complexity index is 815. The van der Waals surface area contributed by atoms with Crippen LogP contribution >= 0.6 is 0 Å². The van der Waals surface area contributed by atoms with Crippen LogP contribution < -0.4 is 5.32 Å². The number of rotatable bonds is 7. The Balaban J connectivity index is 1.50. The van der Waals surface area contributed by atoms with Crippen LogP contribution in [0.4, 0.5) is 10.5 Å². The Hall–Kier alpha value is -3.08. The first kappa shape index (κ1) is 17.7. The predicted molar refractivity (Wildman–Crippen MR) is 105 cm³/mol. The zero-order valence-electron chi connectivity index (χ0n) is 15.0. The molecule has 1 heterocycles. The van der Waals surface area contributed by atoms with Crippen molar-refractivity contribution in [1.82, 2.24) is 14.7 Å². The van der Waals surface area contributed by atoms with Gasteiger partial charge in [0.2, 0.25) is 0 Å². The fourth-order valence-corrected chi connectivity index (χ4v) is 2.83. The van der Waals surface area contributed by atoms with E-state index in [4.69, 9.17) is 0 Å². The fraction of sp³-hybridized carbons (Fsp3) is 0.238. The molecular formula is C21H24N4O. The van der Waals surface area contributed by atoms with Gasteiger partial charge in [-0.05, 0) is 43.0 Å². The van der Waals surface area contributed by atoms with Gasteiger partial charge in [0.15, 0.2) is 0 Å². The molecule has 0 fully saturated rings. The number of aromatic nitrogens is 2. The zero-order valence-corrected chi connectivity index (χ0v) is 15.0. The van der Waals surface area contributed by atoms with Crippen molar-refractivity contribution in [2.75, 3.05) is 18.9 Å². The number of unbranched alkanes of at least 4 members (excludes halogenated alkanes) is 1. The van der Waals surface area contributed by atoms with E-state index in [0.717, 1.165) is 37.2 Å². The number of hydrogen-bond acceptors (Lipinski definition) is 2. The quantitative estimate of drug-likeness (QED) is 0.645. The van der Waals surface area contributed by atoms with Crippen molar-refractivity contribution in [2.45, 2.75) is 19.3 Å². The summed E-state index contributed by atoms with van der Waals surface area (Å²) in [6, 6.07) is 19.8. The number of carbonyl (C=O) groups is 1. The molecule has 134 valence electrons. The average Bonchev–Trinajstić information content (AvgIpc) is 3.21. The molecule has 0 saturated heterocycles. The number of nitrogens with one attached hydrogen (secondary N) is 1. The zero-order chi connectivity index (χ0) is 18.2. The van der Waals surface area contributed by atoms with E-state index in [-0.39, 0.29) is 6.03 Å². The van der Waals surface area contributed by atoms with E-state index in [1.807, 2.05) is 49.6 Å². The van der Waals surface area contributed by atoms with Crippen LogP contribution in [-0.4, -0.2) is 34.3 Å². The molecule has 5 nitrogen and oxygen atoms in total. The number of urea groups is 1. The lowest BCUT2D eigenvalue weighted by Crippen LogP contribution is -2.32. The average molecular weight is 348 g/mol. The topological polar surface area (TPSA) is 50.2 Å². The number of para-hydroxylation sites is 2. The minimum atomic E-state index is -0.107. The number of benzene rings is 2. The molecule has 0 spiro atoms. The SMILES string of the molecule is CN(CCCCc1ccccc1)C(=O)Nc1ccccc1-n1cccn1. The molecule has 0 bridgehead atoms. The lowest BCUT2D eigenvalue weighted by molar-refractivity contribution is 0.221. The van der Waals surface area contributed by atoms with Gasteiger partial charge in [-0.3, -0.25) is 0 Å². The number of hydrogen-bond donors (Lipinski definition) is 1. The van der Waals surface area contributed by atoms with E-state index in [1.165, 1.54) is 5.56 Å². The van der Waals surface area contributed by atoms with Gasteiger partial charge in [0.1, 0.15) is 0 Å². The lowest BCUT2D eigenvalue weighted by Gasteiger charge is -2.19. The van der Waals surface area contributed by atoms with Crippen LogP contribution in [0.2, 0.25) is 0 Å². The van der Waals surface area contributed by atoms with Gasteiger partial charge in [-0.2, -0.15) is 5.10 Å². The van der Waals surface area contributed by atoms with Crippen LogP contribution in [-0.2, 0) is 6.42 Å². The minimum absolute atomic E-state index is 0.107. The number of carbonyl (C=O) groups excluding carboxylic acids is 1. The molecule has 0 aliphatic heterocycles. The van der Waals surface area contributed by atoms with Gasteiger partial charge in [0.05, 0.1) is 11.4 Å². The third-order valence-electron chi connectivity index (χ3n) is 4.30. The highest BCUT2D eigenvalue weighted by atomic mass is 16.2. The summed E-state index contributed by atoms with van der Waals surface area (Å²) in [5.74, 6) is 0. The van der Waals surface area contributed by atoms with Crippen molar-refractivity contribution >= 4 is 11.7 Å². The van der Waals surface area contributed by atoms with E-state index in [1.54, 1.807) is 15.8 Å². The summed E-state index contributed by atoms with van der Waals surface area (Å²) in [5.41, 5.74) is 2.94. The van der Waals surface area contributed by atoms with E-state index in [2.05, 4.69) is 34.7 Å². The summed E-state index contributed by atoms with van der Waals surface area (Å²) < 4.78 is 1.75. The summed E-state index contributed by atoms with van der Waals surface area (Å²) >= 11 is 0. The molecule has 1 aromatic heterocycles. The summed E-state index contributed by atoms with van der Waals surface area (Å²) in [7, 11) is 1.83. The van der Waals surface area contributed by atoms with Gasteiger partial charge in [0.25, 0.3) is 0 Å². The summed E-state index contributed by atoms with van der Waals surface area (Å²) in [6.45, 7) is 0.725. The smallest absolute Gasteiger partial charge is 0.321 e. The maximum absolute atomic E-state index is 12.5. The molecule has 3 rings (SSSR count). The lowest BCUT2D eigenvalue weighted by atomic mass is 10.1. The summed E-state index contributed by atoms with van der Waals surface area (Å²) in [4.78, 5) is 14.2. The Kier molecular flexibility index (Phi) is 6.04. The van der Waals surface area contributed by atoms with Crippen molar-refractivity contribution in [1.29, 1.82) is 0 Å². The molecule has 0 aliphatic rings. The van der Waals surface area contributed by atoms with Crippen molar-refractivity contribution in [3.05, 3.63) is 78.6 Å².